The van der Waals surface area contributed by atoms with E-state index in [2.05, 4.69) is 4.90 Å². The molecule has 0 aliphatic carbocycles. The van der Waals surface area contributed by atoms with Gasteiger partial charge in [-0.15, -0.1) is 0 Å². The number of hydrogen-bond acceptors (Lipinski definition) is 2. The number of nitrogens with zero attached hydrogens (tertiary/aromatic N) is 1. The van der Waals surface area contributed by atoms with Crippen LogP contribution in [0, 0.1) is 0 Å². The van der Waals surface area contributed by atoms with E-state index in [4.69, 9.17) is 5.11 Å². The Bertz CT molecular complexity index is 164. The summed E-state index contributed by atoms with van der Waals surface area (Å²) >= 11 is 0. The van der Waals surface area contributed by atoms with Gasteiger partial charge in [0.2, 0.25) is 0 Å². The second-order valence-electron chi connectivity index (χ2n) is 3.73. The molecule has 64 valence electrons. The summed E-state index contributed by atoms with van der Waals surface area (Å²) in [5.74, 6) is 0. The largest absolute Gasteiger partial charge is 0.394 e. The van der Waals surface area contributed by atoms with Crippen molar-refractivity contribution in [2.45, 2.75) is 31.0 Å². The molecule has 0 aromatic rings. The highest BCUT2D eigenvalue weighted by atomic mass is 19.1. The third-order valence-electron chi connectivity index (χ3n) is 3.06. The molecular formula is C8H14FNO. The van der Waals surface area contributed by atoms with Gasteiger partial charge in [0.1, 0.15) is 6.17 Å². The molecule has 0 amide bonds. The molecule has 11 heavy (non-hydrogen) atoms. The molecule has 1 N–H and O–H groups in total. The highest BCUT2D eigenvalue weighted by Crippen LogP contribution is 2.39. The summed E-state index contributed by atoms with van der Waals surface area (Å²) in [6, 6.07) is 0. The van der Waals surface area contributed by atoms with Crippen molar-refractivity contribution < 1.29 is 9.50 Å². The van der Waals surface area contributed by atoms with E-state index in [0.717, 1.165) is 19.4 Å². The van der Waals surface area contributed by atoms with Crippen LogP contribution >= 0.6 is 0 Å². The Balaban J connectivity index is 2.15. The molecule has 0 aromatic heterocycles. The van der Waals surface area contributed by atoms with Crippen LogP contribution in [0.3, 0.4) is 0 Å². The van der Waals surface area contributed by atoms with Gasteiger partial charge in [-0.05, 0) is 19.4 Å². The second-order valence-corrected chi connectivity index (χ2v) is 3.73. The summed E-state index contributed by atoms with van der Waals surface area (Å²) in [7, 11) is 0. The number of halogens is 1. The first-order chi connectivity index (χ1) is 5.27. The Hall–Kier alpha value is -0.150. The predicted molar refractivity (Wildman–Crippen MR) is 40.1 cm³/mol. The first kappa shape index (κ1) is 7.50. The lowest BCUT2D eigenvalue weighted by molar-refractivity contribution is 0.0996. The van der Waals surface area contributed by atoms with Crippen molar-refractivity contribution in [1.29, 1.82) is 0 Å². The van der Waals surface area contributed by atoms with Crippen molar-refractivity contribution in [2.75, 3.05) is 19.7 Å². The molecule has 0 bridgehead atoms. The van der Waals surface area contributed by atoms with Crippen molar-refractivity contribution in [3.63, 3.8) is 0 Å². The van der Waals surface area contributed by atoms with Crippen molar-refractivity contribution in [3.8, 4) is 0 Å². The van der Waals surface area contributed by atoms with Gasteiger partial charge < -0.3 is 5.11 Å². The fourth-order valence-electron chi connectivity index (χ4n) is 2.47. The summed E-state index contributed by atoms with van der Waals surface area (Å²) in [6.07, 6.45) is 1.93. The van der Waals surface area contributed by atoms with E-state index in [0.29, 0.717) is 13.0 Å². The van der Waals surface area contributed by atoms with E-state index >= 15 is 0 Å². The minimum absolute atomic E-state index is 0.132. The Morgan fingerprint density at radius 1 is 1.64 bits per heavy atom. The topological polar surface area (TPSA) is 23.5 Å². The van der Waals surface area contributed by atoms with Gasteiger partial charge in [-0.1, -0.05) is 0 Å². The van der Waals surface area contributed by atoms with Crippen LogP contribution in [-0.4, -0.2) is 41.4 Å². The lowest BCUT2D eigenvalue weighted by atomic mass is 9.95. The lowest BCUT2D eigenvalue weighted by Crippen LogP contribution is -2.41. The first-order valence-electron chi connectivity index (χ1n) is 4.27. The summed E-state index contributed by atoms with van der Waals surface area (Å²) in [6.45, 7) is 1.65. The van der Waals surface area contributed by atoms with Gasteiger partial charge in [0.05, 0.1) is 6.61 Å². The zero-order valence-electron chi connectivity index (χ0n) is 6.59. The van der Waals surface area contributed by atoms with Crippen LogP contribution in [0.25, 0.3) is 0 Å². The molecular weight excluding hydrogens is 145 g/mol. The van der Waals surface area contributed by atoms with Crippen LogP contribution in [0.2, 0.25) is 0 Å². The minimum atomic E-state index is -0.706. The maximum absolute atomic E-state index is 12.9. The fraction of sp³-hybridized carbons (Fsp3) is 1.00. The average Bonchev–Trinajstić information content (AvgIpc) is 2.43. The molecule has 0 saturated carbocycles. The Kier molecular flexibility index (Phi) is 1.65. The molecule has 2 rings (SSSR count). The molecule has 2 atom stereocenters. The highest BCUT2D eigenvalue weighted by Gasteiger charge is 2.47. The molecule has 2 heterocycles. The maximum atomic E-state index is 12.9. The Labute approximate surface area is 66.0 Å². The number of alkyl halides is 1. The summed E-state index contributed by atoms with van der Waals surface area (Å²) in [5, 5.41) is 9.14. The third-order valence-corrected chi connectivity index (χ3v) is 3.06. The lowest BCUT2D eigenvalue weighted by Gasteiger charge is -2.28. The van der Waals surface area contributed by atoms with Gasteiger partial charge in [-0.2, -0.15) is 0 Å². The number of aliphatic hydroxyl groups excluding tert-OH is 1. The van der Waals surface area contributed by atoms with Crippen LogP contribution in [0.5, 0.6) is 0 Å². The summed E-state index contributed by atoms with van der Waals surface area (Å²) in [4.78, 5) is 2.11. The van der Waals surface area contributed by atoms with Crippen LogP contribution in [0.15, 0.2) is 0 Å². The van der Waals surface area contributed by atoms with Gasteiger partial charge in [0.15, 0.2) is 0 Å². The number of rotatable bonds is 1. The van der Waals surface area contributed by atoms with Gasteiger partial charge in [-0.3, -0.25) is 4.90 Å². The molecule has 3 heteroatoms. The molecule has 2 aliphatic rings. The molecule has 0 radical (unpaired) electrons. The molecule has 0 aromatic carbocycles. The zero-order chi connectivity index (χ0) is 7.90. The first-order valence-corrected chi connectivity index (χ1v) is 4.27. The number of aliphatic hydroxyl groups is 1. The van der Waals surface area contributed by atoms with E-state index in [-0.39, 0.29) is 12.1 Å². The SMILES string of the molecule is OC[C@@]12CCCN1CC(F)C2. The van der Waals surface area contributed by atoms with Crippen molar-refractivity contribution >= 4 is 0 Å². The van der Waals surface area contributed by atoms with Crippen molar-refractivity contribution in [3.05, 3.63) is 0 Å². The summed E-state index contributed by atoms with van der Waals surface area (Å²) in [5.41, 5.74) is -0.167. The quantitative estimate of drug-likeness (QED) is 0.604. The maximum Gasteiger partial charge on any atom is 0.115 e. The molecule has 2 aliphatic heterocycles. The number of hydrogen-bond donors (Lipinski definition) is 1. The summed E-state index contributed by atoms with van der Waals surface area (Å²) < 4.78 is 12.9. The van der Waals surface area contributed by atoms with Gasteiger partial charge in [0.25, 0.3) is 0 Å². The van der Waals surface area contributed by atoms with E-state index in [1.54, 1.807) is 0 Å². The van der Waals surface area contributed by atoms with Gasteiger partial charge in [-0.25, -0.2) is 4.39 Å². The van der Waals surface area contributed by atoms with E-state index in [1.807, 2.05) is 0 Å². The standard InChI is InChI=1S/C8H14FNO/c9-7-4-8(6-11)2-1-3-10(8)5-7/h7,11H,1-6H2/t7?,8-/m0/s1. The van der Waals surface area contributed by atoms with Crippen LogP contribution in [-0.2, 0) is 0 Å². The zero-order valence-corrected chi connectivity index (χ0v) is 6.59. The molecule has 1 unspecified atom stereocenters. The van der Waals surface area contributed by atoms with Crippen molar-refractivity contribution in [2.24, 2.45) is 0 Å². The Morgan fingerprint density at radius 3 is 3.09 bits per heavy atom. The Morgan fingerprint density at radius 2 is 2.45 bits per heavy atom. The monoisotopic (exact) mass is 159 g/mol. The van der Waals surface area contributed by atoms with Gasteiger partial charge in [0, 0.05) is 18.5 Å². The van der Waals surface area contributed by atoms with E-state index < -0.39 is 6.17 Å². The van der Waals surface area contributed by atoms with E-state index in [9.17, 15) is 4.39 Å². The second kappa shape index (κ2) is 2.42. The molecule has 2 saturated heterocycles. The van der Waals surface area contributed by atoms with Crippen LogP contribution in [0.4, 0.5) is 4.39 Å². The van der Waals surface area contributed by atoms with Crippen molar-refractivity contribution in [1.82, 2.24) is 4.90 Å². The van der Waals surface area contributed by atoms with Gasteiger partial charge >= 0.3 is 0 Å². The van der Waals surface area contributed by atoms with E-state index in [1.165, 1.54) is 0 Å². The minimum Gasteiger partial charge on any atom is -0.394 e. The predicted octanol–water partition coefficient (Wildman–Crippen LogP) is 0.555. The molecule has 0 spiro atoms. The highest BCUT2D eigenvalue weighted by molar-refractivity contribution is 5.03. The van der Waals surface area contributed by atoms with Crippen LogP contribution < -0.4 is 0 Å². The van der Waals surface area contributed by atoms with Crippen LogP contribution in [0.1, 0.15) is 19.3 Å². The average molecular weight is 159 g/mol. The molecule has 2 fully saturated rings. The fourth-order valence-corrected chi connectivity index (χ4v) is 2.47. The normalized spacial score (nSPS) is 44.7. The smallest absolute Gasteiger partial charge is 0.115 e. The third kappa shape index (κ3) is 0.983. The molecule has 2 nitrogen and oxygen atoms in total. The number of fused-ring (bicyclic) bond motifs is 1.